The third-order valence-corrected chi connectivity index (χ3v) is 11.9. The van der Waals surface area contributed by atoms with Crippen LogP contribution in [0, 0.1) is 11.8 Å². The molecule has 4 saturated heterocycles. The molecule has 0 aromatic rings. The summed E-state index contributed by atoms with van der Waals surface area (Å²) in [5.41, 5.74) is 1.20. The topological polar surface area (TPSA) is 19.4 Å². The molecule has 4 fully saturated rings. The van der Waals surface area contributed by atoms with Crippen LogP contribution in [0.25, 0.3) is 0 Å². The van der Waals surface area contributed by atoms with Gasteiger partial charge in [0.1, 0.15) is 0 Å². The predicted octanol–water partition coefficient (Wildman–Crippen LogP) is 5.58. The molecule has 42 heavy (non-hydrogen) atoms. The third-order valence-electron chi connectivity index (χ3n) is 11.9. The fourth-order valence-electron chi connectivity index (χ4n) is 8.35. The van der Waals surface area contributed by atoms with Gasteiger partial charge in [-0.2, -0.15) is 0 Å². The summed E-state index contributed by atoms with van der Waals surface area (Å²) in [6, 6.07) is 0. The van der Waals surface area contributed by atoms with Gasteiger partial charge in [0.2, 0.25) is 0 Å². The van der Waals surface area contributed by atoms with Gasteiger partial charge < -0.3 is 9.80 Å². The molecule has 0 aromatic carbocycles. The summed E-state index contributed by atoms with van der Waals surface area (Å²) in [5.74, 6) is 1.72. The Hall–Kier alpha value is -0.240. The number of piperidine rings is 2. The van der Waals surface area contributed by atoms with Gasteiger partial charge >= 0.3 is 0 Å². The van der Waals surface area contributed by atoms with E-state index in [4.69, 9.17) is 0 Å². The molecule has 246 valence electrons. The van der Waals surface area contributed by atoms with Crippen LogP contribution in [0.1, 0.15) is 108 Å². The first-order valence-corrected chi connectivity index (χ1v) is 18.0. The van der Waals surface area contributed by atoms with Crippen molar-refractivity contribution in [3.63, 3.8) is 0 Å². The summed E-state index contributed by atoms with van der Waals surface area (Å²) in [6.07, 6.45) is 8.15. The van der Waals surface area contributed by atoms with Crippen molar-refractivity contribution in [2.45, 2.75) is 130 Å². The van der Waals surface area contributed by atoms with Crippen molar-refractivity contribution in [1.82, 2.24) is 29.4 Å². The largest absolute Gasteiger partial charge is 0.301 e. The van der Waals surface area contributed by atoms with Crippen LogP contribution < -0.4 is 0 Å². The molecule has 4 aliphatic heterocycles. The smallest absolute Gasteiger partial charge is 0.0154 e. The highest BCUT2D eigenvalue weighted by atomic mass is 15.3. The van der Waals surface area contributed by atoms with Crippen molar-refractivity contribution in [1.29, 1.82) is 0 Å². The summed E-state index contributed by atoms with van der Waals surface area (Å²) < 4.78 is 0. The predicted molar refractivity (Wildman–Crippen MR) is 182 cm³/mol. The average Bonchev–Trinajstić information content (AvgIpc) is 2.92. The molecule has 0 saturated carbocycles. The molecule has 4 heterocycles. The van der Waals surface area contributed by atoms with Gasteiger partial charge in [0.25, 0.3) is 0 Å². The Labute approximate surface area is 262 Å². The number of piperazine rings is 2. The van der Waals surface area contributed by atoms with E-state index in [2.05, 4.69) is 98.6 Å². The molecule has 0 spiro atoms. The summed E-state index contributed by atoms with van der Waals surface area (Å²) in [5, 5.41) is 0. The first kappa shape index (κ1) is 34.6. The minimum Gasteiger partial charge on any atom is -0.301 e. The second kappa shape index (κ2) is 14.0. The van der Waals surface area contributed by atoms with Gasteiger partial charge in [0.15, 0.2) is 0 Å². The summed E-state index contributed by atoms with van der Waals surface area (Å²) in [6.45, 7) is 42.0. The molecule has 4 aliphatic rings. The van der Waals surface area contributed by atoms with Gasteiger partial charge in [0, 0.05) is 94.1 Å². The summed E-state index contributed by atoms with van der Waals surface area (Å²) >= 11 is 0. The highest BCUT2D eigenvalue weighted by Crippen LogP contribution is 2.34. The van der Waals surface area contributed by atoms with Crippen LogP contribution in [0.4, 0.5) is 0 Å². The van der Waals surface area contributed by atoms with E-state index in [0.29, 0.717) is 16.6 Å². The molecule has 1 atom stereocenters. The summed E-state index contributed by atoms with van der Waals surface area (Å²) in [7, 11) is 0. The van der Waals surface area contributed by atoms with Crippen molar-refractivity contribution in [2.24, 2.45) is 11.8 Å². The molecular formula is C36H72N6. The molecular weight excluding hydrogens is 516 g/mol. The minimum absolute atomic E-state index is 0.286. The first-order chi connectivity index (χ1) is 19.5. The molecule has 0 aromatic heterocycles. The van der Waals surface area contributed by atoms with E-state index in [1.54, 1.807) is 0 Å². The second-order valence-corrected chi connectivity index (χ2v) is 17.9. The average molecular weight is 589 g/mol. The molecule has 0 bridgehead atoms. The number of hydrogen-bond donors (Lipinski definition) is 0. The van der Waals surface area contributed by atoms with Gasteiger partial charge in [0.05, 0.1) is 0 Å². The van der Waals surface area contributed by atoms with Crippen molar-refractivity contribution in [3.8, 4) is 0 Å². The molecule has 4 rings (SSSR count). The molecule has 6 heteroatoms. The van der Waals surface area contributed by atoms with E-state index in [0.717, 1.165) is 11.8 Å². The lowest BCUT2D eigenvalue weighted by Crippen LogP contribution is -2.56. The fraction of sp³-hybridized carbons (Fsp3) is 1.00. The van der Waals surface area contributed by atoms with Crippen LogP contribution in [-0.2, 0) is 0 Å². The SMILES string of the molecule is CC(C)(C)N1CCN(CC2CCN(C(C)(C)CCC(C)(C)N3CCC[C@H](CN4CCN(C(C)(C)C)CC4)C3)CC2)CC1. The Balaban J connectivity index is 1.17. The maximum Gasteiger partial charge on any atom is 0.0154 e. The van der Waals surface area contributed by atoms with E-state index in [9.17, 15) is 0 Å². The Kier molecular flexibility index (Phi) is 11.6. The van der Waals surface area contributed by atoms with E-state index in [1.807, 2.05) is 0 Å². The number of likely N-dealkylation sites (tertiary alicyclic amines) is 2. The Morgan fingerprint density at radius 1 is 0.429 bits per heavy atom. The zero-order valence-corrected chi connectivity index (χ0v) is 30.0. The van der Waals surface area contributed by atoms with E-state index in [-0.39, 0.29) is 5.54 Å². The molecule has 0 amide bonds. The zero-order chi connectivity index (χ0) is 30.8. The molecule has 0 N–H and O–H groups in total. The van der Waals surface area contributed by atoms with Crippen LogP contribution >= 0.6 is 0 Å². The van der Waals surface area contributed by atoms with Crippen LogP contribution in [0.3, 0.4) is 0 Å². The van der Waals surface area contributed by atoms with Gasteiger partial charge in [-0.15, -0.1) is 0 Å². The lowest BCUT2D eigenvalue weighted by atomic mass is 9.83. The van der Waals surface area contributed by atoms with Gasteiger partial charge in [-0.1, -0.05) is 0 Å². The highest BCUT2D eigenvalue weighted by molar-refractivity contribution is 4.93. The van der Waals surface area contributed by atoms with Crippen LogP contribution in [0.5, 0.6) is 0 Å². The van der Waals surface area contributed by atoms with E-state index in [1.165, 1.54) is 130 Å². The monoisotopic (exact) mass is 589 g/mol. The Bertz CT molecular complexity index is 802. The number of hydrogen-bond acceptors (Lipinski definition) is 6. The van der Waals surface area contributed by atoms with Crippen LogP contribution in [0.15, 0.2) is 0 Å². The molecule has 6 nitrogen and oxygen atoms in total. The van der Waals surface area contributed by atoms with Crippen molar-refractivity contribution in [3.05, 3.63) is 0 Å². The quantitative estimate of drug-likeness (QED) is 0.348. The third kappa shape index (κ3) is 9.63. The van der Waals surface area contributed by atoms with Crippen molar-refractivity contribution >= 4 is 0 Å². The lowest BCUT2D eigenvalue weighted by molar-refractivity contribution is 0.00919. The van der Waals surface area contributed by atoms with Crippen LogP contribution in [0.2, 0.25) is 0 Å². The van der Waals surface area contributed by atoms with Crippen molar-refractivity contribution in [2.75, 3.05) is 91.6 Å². The number of rotatable bonds is 9. The maximum absolute atomic E-state index is 2.87. The fourth-order valence-corrected chi connectivity index (χ4v) is 8.35. The van der Waals surface area contributed by atoms with Gasteiger partial charge in [-0.25, -0.2) is 0 Å². The van der Waals surface area contributed by atoms with Crippen LogP contribution in [-0.4, -0.2) is 143 Å². The molecule has 0 unspecified atom stereocenters. The minimum atomic E-state index is 0.286. The Morgan fingerprint density at radius 2 is 0.857 bits per heavy atom. The van der Waals surface area contributed by atoms with Crippen molar-refractivity contribution < 1.29 is 0 Å². The second-order valence-electron chi connectivity index (χ2n) is 17.9. The normalized spacial score (nSPS) is 27.1. The lowest BCUT2D eigenvalue weighted by Gasteiger charge is -2.49. The van der Waals surface area contributed by atoms with Gasteiger partial charge in [-0.05, 0) is 139 Å². The van der Waals surface area contributed by atoms with E-state index >= 15 is 0 Å². The summed E-state index contributed by atoms with van der Waals surface area (Å²) in [4.78, 5) is 16.6. The zero-order valence-electron chi connectivity index (χ0n) is 30.0. The highest BCUT2D eigenvalue weighted by Gasteiger charge is 2.37. The Morgan fingerprint density at radius 3 is 1.31 bits per heavy atom. The van der Waals surface area contributed by atoms with Gasteiger partial charge in [-0.3, -0.25) is 19.6 Å². The standard InChI is InChI=1S/C36H72N6/c1-33(2,3)39-24-20-37(21-25-39)28-31-13-18-41(19-14-31)35(7,8)15-16-36(9,10)42-17-11-12-32(30-42)29-38-22-26-40(27-23-38)34(4,5)6/h31-32H,11-30H2,1-10H3/t32-/m1/s1. The molecule has 0 radical (unpaired) electrons. The maximum atomic E-state index is 2.87. The first-order valence-electron chi connectivity index (χ1n) is 18.0. The number of nitrogens with zero attached hydrogens (tertiary/aromatic N) is 6. The van der Waals surface area contributed by atoms with E-state index < -0.39 is 0 Å². The molecule has 0 aliphatic carbocycles.